The lowest BCUT2D eigenvalue weighted by atomic mass is 10.1. The first kappa shape index (κ1) is 19.1. The molecule has 1 aliphatic heterocycles. The summed E-state index contributed by atoms with van der Waals surface area (Å²) < 4.78 is 37.3. The molecule has 0 amide bonds. The van der Waals surface area contributed by atoms with E-state index in [0.717, 1.165) is 5.56 Å². The number of benzene rings is 2. The lowest BCUT2D eigenvalue weighted by molar-refractivity contribution is 0.0730. The van der Waals surface area contributed by atoms with Crippen molar-refractivity contribution in [2.45, 2.75) is 11.3 Å². The average Bonchev–Trinajstić information content (AvgIpc) is 3.19. The fraction of sp³-hybridized carbons (Fsp3) is 0.263. The van der Waals surface area contributed by atoms with E-state index in [1.165, 1.54) is 4.31 Å². The fourth-order valence-electron chi connectivity index (χ4n) is 2.93. The van der Waals surface area contributed by atoms with Crippen LogP contribution in [0.1, 0.15) is 11.5 Å². The van der Waals surface area contributed by atoms with Gasteiger partial charge in [0, 0.05) is 23.7 Å². The van der Waals surface area contributed by atoms with Crippen molar-refractivity contribution in [1.82, 2.24) is 14.4 Å². The Bertz CT molecular complexity index is 1040. The van der Waals surface area contributed by atoms with Crippen LogP contribution >= 0.6 is 11.6 Å². The number of morpholine rings is 1. The van der Waals surface area contributed by atoms with Crippen molar-refractivity contribution >= 4 is 21.6 Å². The Balaban J connectivity index is 1.49. The number of rotatable bonds is 5. The van der Waals surface area contributed by atoms with Gasteiger partial charge < -0.3 is 9.26 Å². The summed E-state index contributed by atoms with van der Waals surface area (Å²) in [4.78, 5) is 4.63. The summed E-state index contributed by atoms with van der Waals surface area (Å²) in [5, 5.41) is 4.66. The highest BCUT2D eigenvalue weighted by atomic mass is 35.5. The molecular formula is C19H18ClN3O4S. The standard InChI is InChI=1S/C19H18ClN3O4S/c20-16-5-1-14(2-6-16)13-18-21-19(22-27-18)15-3-7-17(8-4-15)28(24,25)23-9-11-26-12-10-23/h1-8H,9-13H2. The third-order valence-electron chi connectivity index (χ3n) is 4.46. The molecule has 9 heteroatoms. The molecule has 4 rings (SSSR count). The number of hydrogen-bond donors (Lipinski definition) is 0. The number of aromatic nitrogens is 2. The molecule has 2 heterocycles. The van der Waals surface area contributed by atoms with Gasteiger partial charge in [-0.3, -0.25) is 0 Å². The Morgan fingerprint density at radius 1 is 1.00 bits per heavy atom. The monoisotopic (exact) mass is 419 g/mol. The van der Waals surface area contributed by atoms with Gasteiger partial charge in [-0.1, -0.05) is 28.9 Å². The second kappa shape index (κ2) is 8.00. The molecule has 0 atom stereocenters. The number of ether oxygens (including phenoxy) is 1. The van der Waals surface area contributed by atoms with Gasteiger partial charge in [-0.15, -0.1) is 0 Å². The summed E-state index contributed by atoms with van der Waals surface area (Å²) in [5.74, 6) is 0.890. The molecule has 1 aromatic heterocycles. The minimum atomic E-state index is -3.52. The molecule has 0 aliphatic carbocycles. The predicted octanol–water partition coefficient (Wildman–Crippen LogP) is 3.00. The van der Waals surface area contributed by atoms with Gasteiger partial charge >= 0.3 is 0 Å². The number of halogens is 1. The molecule has 2 aromatic carbocycles. The predicted molar refractivity (Wildman–Crippen MR) is 104 cm³/mol. The minimum Gasteiger partial charge on any atom is -0.379 e. The van der Waals surface area contributed by atoms with Crippen LogP contribution in [0.25, 0.3) is 11.4 Å². The molecule has 7 nitrogen and oxygen atoms in total. The smallest absolute Gasteiger partial charge is 0.243 e. The second-order valence-electron chi connectivity index (χ2n) is 6.36. The maximum atomic E-state index is 12.7. The molecule has 0 N–H and O–H groups in total. The minimum absolute atomic E-state index is 0.239. The Morgan fingerprint density at radius 3 is 2.36 bits per heavy atom. The first-order valence-corrected chi connectivity index (χ1v) is 10.6. The molecule has 1 saturated heterocycles. The maximum Gasteiger partial charge on any atom is 0.243 e. The van der Waals surface area contributed by atoms with E-state index in [0.29, 0.717) is 55.0 Å². The van der Waals surface area contributed by atoms with Crippen LogP contribution in [-0.2, 0) is 21.2 Å². The van der Waals surface area contributed by atoms with Crippen molar-refractivity contribution in [2.75, 3.05) is 26.3 Å². The van der Waals surface area contributed by atoms with Gasteiger partial charge in [0.05, 0.1) is 24.5 Å². The molecule has 28 heavy (non-hydrogen) atoms. The van der Waals surface area contributed by atoms with Crippen molar-refractivity contribution < 1.29 is 17.7 Å². The summed E-state index contributed by atoms with van der Waals surface area (Å²) >= 11 is 5.89. The van der Waals surface area contributed by atoms with E-state index in [1.54, 1.807) is 24.3 Å². The Hall–Kier alpha value is -2.26. The van der Waals surface area contributed by atoms with Gasteiger partial charge in [0.2, 0.25) is 21.7 Å². The van der Waals surface area contributed by atoms with Gasteiger partial charge in [0.1, 0.15) is 0 Å². The molecule has 146 valence electrons. The van der Waals surface area contributed by atoms with E-state index in [4.69, 9.17) is 20.9 Å². The Morgan fingerprint density at radius 2 is 1.68 bits per heavy atom. The summed E-state index contributed by atoms with van der Waals surface area (Å²) in [6.45, 7) is 1.55. The summed E-state index contributed by atoms with van der Waals surface area (Å²) in [6, 6.07) is 13.9. The zero-order valence-electron chi connectivity index (χ0n) is 14.9. The Kier molecular flexibility index (Phi) is 5.45. The van der Waals surface area contributed by atoms with Crippen molar-refractivity contribution in [3.63, 3.8) is 0 Å². The van der Waals surface area contributed by atoms with E-state index in [-0.39, 0.29) is 4.90 Å². The fourth-order valence-corrected chi connectivity index (χ4v) is 4.47. The van der Waals surface area contributed by atoms with Crippen molar-refractivity contribution in [1.29, 1.82) is 0 Å². The quantitative estimate of drug-likeness (QED) is 0.632. The maximum absolute atomic E-state index is 12.7. The Labute approximate surface area is 167 Å². The zero-order chi connectivity index (χ0) is 19.6. The summed E-state index contributed by atoms with van der Waals surface area (Å²) in [5.41, 5.74) is 1.69. The highest BCUT2D eigenvalue weighted by Gasteiger charge is 2.26. The molecule has 0 spiro atoms. The molecule has 0 bridgehead atoms. The van der Waals surface area contributed by atoms with Crippen LogP contribution in [0.2, 0.25) is 5.02 Å². The lowest BCUT2D eigenvalue weighted by Crippen LogP contribution is -2.40. The molecule has 3 aromatic rings. The van der Waals surface area contributed by atoms with E-state index in [2.05, 4.69) is 10.1 Å². The SMILES string of the molecule is O=S(=O)(c1ccc(-c2noc(Cc3ccc(Cl)cc3)n2)cc1)N1CCOCC1. The zero-order valence-corrected chi connectivity index (χ0v) is 16.5. The van der Waals surface area contributed by atoms with Crippen LogP contribution in [0.4, 0.5) is 0 Å². The highest BCUT2D eigenvalue weighted by Crippen LogP contribution is 2.22. The van der Waals surface area contributed by atoms with E-state index >= 15 is 0 Å². The van der Waals surface area contributed by atoms with Crippen LogP contribution in [0.5, 0.6) is 0 Å². The molecule has 0 radical (unpaired) electrons. The third kappa shape index (κ3) is 4.10. The van der Waals surface area contributed by atoms with E-state index < -0.39 is 10.0 Å². The highest BCUT2D eigenvalue weighted by molar-refractivity contribution is 7.89. The number of sulfonamides is 1. The first-order valence-electron chi connectivity index (χ1n) is 8.78. The summed E-state index contributed by atoms with van der Waals surface area (Å²) in [6.07, 6.45) is 0.494. The first-order chi connectivity index (χ1) is 13.5. The van der Waals surface area contributed by atoms with Crippen molar-refractivity contribution in [3.05, 3.63) is 65.0 Å². The second-order valence-corrected chi connectivity index (χ2v) is 8.73. The van der Waals surface area contributed by atoms with Crippen LogP contribution in [0.3, 0.4) is 0 Å². The normalized spacial score (nSPS) is 15.6. The van der Waals surface area contributed by atoms with E-state index in [9.17, 15) is 8.42 Å². The van der Waals surface area contributed by atoms with Crippen molar-refractivity contribution in [2.24, 2.45) is 0 Å². The molecule has 0 saturated carbocycles. The summed E-state index contributed by atoms with van der Waals surface area (Å²) in [7, 11) is -3.52. The topological polar surface area (TPSA) is 85.5 Å². The van der Waals surface area contributed by atoms with Crippen LogP contribution < -0.4 is 0 Å². The van der Waals surface area contributed by atoms with Gasteiger partial charge in [0.25, 0.3) is 0 Å². The number of nitrogens with zero attached hydrogens (tertiary/aromatic N) is 3. The third-order valence-corrected chi connectivity index (χ3v) is 6.62. The van der Waals surface area contributed by atoms with Crippen molar-refractivity contribution in [3.8, 4) is 11.4 Å². The van der Waals surface area contributed by atoms with Gasteiger partial charge in [-0.05, 0) is 42.0 Å². The van der Waals surface area contributed by atoms with Crippen LogP contribution in [0.15, 0.2) is 57.9 Å². The largest absolute Gasteiger partial charge is 0.379 e. The molecule has 1 aliphatic rings. The lowest BCUT2D eigenvalue weighted by Gasteiger charge is -2.26. The van der Waals surface area contributed by atoms with E-state index in [1.807, 2.05) is 24.3 Å². The van der Waals surface area contributed by atoms with Gasteiger partial charge in [-0.25, -0.2) is 8.42 Å². The van der Waals surface area contributed by atoms with Gasteiger partial charge in [0.15, 0.2) is 0 Å². The molecule has 1 fully saturated rings. The molecule has 0 unspecified atom stereocenters. The van der Waals surface area contributed by atoms with Crippen LogP contribution in [0, 0.1) is 0 Å². The number of hydrogen-bond acceptors (Lipinski definition) is 6. The average molecular weight is 420 g/mol. The van der Waals surface area contributed by atoms with Gasteiger partial charge in [-0.2, -0.15) is 9.29 Å². The van der Waals surface area contributed by atoms with Crippen LogP contribution in [-0.4, -0.2) is 49.2 Å². The molecular weight excluding hydrogens is 402 g/mol.